The highest BCUT2D eigenvalue weighted by atomic mass is 15.1. The van der Waals surface area contributed by atoms with Crippen LogP contribution in [0.4, 0.5) is 0 Å². The molecule has 2 nitrogen and oxygen atoms in total. The van der Waals surface area contributed by atoms with Gasteiger partial charge in [0.2, 0.25) is 0 Å². The Morgan fingerprint density at radius 3 is 3.50 bits per heavy atom. The minimum atomic E-state index is 0.392. The van der Waals surface area contributed by atoms with E-state index in [1.165, 1.54) is 11.3 Å². The van der Waals surface area contributed by atoms with Gasteiger partial charge in [-0.1, -0.05) is 11.6 Å². The second-order valence-electron chi connectivity index (χ2n) is 2.72. The maximum absolute atomic E-state index is 4.24. The summed E-state index contributed by atoms with van der Waals surface area (Å²) >= 11 is 0. The van der Waals surface area contributed by atoms with Crippen LogP contribution in [-0.2, 0) is 0 Å². The van der Waals surface area contributed by atoms with Gasteiger partial charge in [0.15, 0.2) is 0 Å². The SMILES string of the molecule is CC1=CCC2N=CNC2=C1. The van der Waals surface area contributed by atoms with Crippen molar-refractivity contribution in [1.29, 1.82) is 0 Å². The van der Waals surface area contributed by atoms with Gasteiger partial charge < -0.3 is 5.32 Å². The fraction of sp³-hybridized carbons (Fsp3) is 0.375. The van der Waals surface area contributed by atoms with Gasteiger partial charge in [0.1, 0.15) is 0 Å². The molecule has 0 fully saturated rings. The molecule has 0 spiro atoms. The lowest BCUT2D eigenvalue weighted by atomic mass is 10.0. The van der Waals surface area contributed by atoms with Crippen molar-refractivity contribution in [2.45, 2.75) is 19.4 Å². The summed E-state index contributed by atoms with van der Waals surface area (Å²) in [7, 11) is 0. The Kier molecular flexibility index (Phi) is 1.13. The van der Waals surface area contributed by atoms with Gasteiger partial charge >= 0.3 is 0 Å². The van der Waals surface area contributed by atoms with Crippen LogP contribution >= 0.6 is 0 Å². The summed E-state index contributed by atoms with van der Waals surface area (Å²) in [6.45, 7) is 2.11. The van der Waals surface area contributed by atoms with Crippen LogP contribution in [0.1, 0.15) is 13.3 Å². The molecule has 10 heavy (non-hydrogen) atoms. The standard InChI is InChI=1S/C8H10N2/c1-6-2-3-7-8(4-6)10-5-9-7/h2,4-5,7H,3H2,1H3,(H,9,10). The summed E-state index contributed by atoms with van der Waals surface area (Å²) in [6, 6.07) is 0.392. The van der Waals surface area contributed by atoms with Crippen LogP contribution in [0.25, 0.3) is 0 Å². The van der Waals surface area contributed by atoms with Crippen LogP contribution in [0.3, 0.4) is 0 Å². The van der Waals surface area contributed by atoms with E-state index in [0.29, 0.717) is 6.04 Å². The zero-order valence-corrected chi connectivity index (χ0v) is 5.96. The number of aliphatic imine (C=N–C) groups is 1. The molecular formula is C8H10N2. The third kappa shape index (κ3) is 0.764. The number of hydrogen-bond acceptors (Lipinski definition) is 2. The minimum Gasteiger partial charge on any atom is -0.348 e. The average molecular weight is 134 g/mol. The third-order valence-corrected chi connectivity index (χ3v) is 1.89. The summed E-state index contributed by atoms with van der Waals surface area (Å²) in [5, 5.41) is 3.12. The predicted molar refractivity (Wildman–Crippen MR) is 41.9 cm³/mol. The molecule has 52 valence electrons. The van der Waals surface area contributed by atoms with E-state index in [0.717, 1.165) is 6.42 Å². The molecule has 2 heteroatoms. The number of allylic oxidation sites excluding steroid dienone is 2. The van der Waals surface area contributed by atoms with Crippen LogP contribution in [0.15, 0.2) is 28.4 Å². The fourth-order valence-electron chi connectivity index (χ4n) is 1.31. The average Bonchev–Trinajstić information content (AvgIpc) is 2.33. The molecule has 2 rings (SSSR count). The second-order valence-corrected chi connectivity index (χ2v) is 2.72. The van der Waals surface area contributed by atoms with E-state index in [2.05, 4.69) is 29.4 Å². The molecule has 2 aliphatic rings. The summed E-state index contributed by atoms with van der Waals surface area (Å²) in [5.41, 5.74) is 2.59. The summed E-state index contributed by atoms with van der Waals surface area (Å²) < 4.78 is 0. The van der Waals surface area contributed by atoms with Crippen molar-refractivity contribution >= 4 is 6.34 Å². The van der Waals surface area contributed by atoms with E-state index < -0.39 is 0 Å². The Balaban J connectivity index is 2.29. The maximum atomic E-state index is 4.24. The number of fused-ring (bicyclic) bond motifs is 1. The summed E-state index contributed by atoms with van der Waals surface area (Å²) in [6.07, 6.45) is 7.21. The van der Waals surface area contributed by atoms with Gasteiger partial charge in [-0.3, -0.25) is 4.99 Å². The molecule has 1 unspecified atom stereocenters. The van der Waals surface area contributed by atoms with Crippen molar-refractivity contribution in [2.24, 2.45) is 4.99 Å². The van der Waals surface area contributed by atoms with E-state index in [9.17, 15) is 0 Å². The van der Waals surface area contributed by atoms with Gasteiger partial charge in [-0.05, 0) is 19.4 Å². The van der Waals surface area contributed by atoms with Crippen molar-refractivity contribution in [3.05, 3.63) is 23.4 Å². The van der Waals surface area contributed by atoms with Crippen LogP contribution in [-0.4, -0.2) is 12.4 Å². The monoisotopic (exact) mass is 134 g/mol. The number of nitrogens with one attached hydrogen (secondary N) is 1. The van der Waals surface area contributed by atoms with Crippen LogP contribution in [0, 0.1) is 0 Å². The topological polar surface area (TPSA) is 24.4 Å². The largest absolute Gasteiger partial charge is 0.348 e. The molecule has 0 aromatic rings. The maximum Gasteiger partial charge on any atom is 0.0949 e. The molecule has 1 N–H and O–H groups in total. The van der Waals surface area contributed by atoms with Gasteiger partial charge in [-0.25, -0.2) is 0 Å². The highest BCUT2D eigenvalue weighted by Gasteiger charge is 2.17. The van der Waals surface area contributed by atoms with E-state index in [1.807, 2.05) is 0 Å². The second kappa shape index (κ2) is 1.97. The highest BCUT2D eigenvalue weighted by molar-refractivity contribution is 5.63. The first-order valence-corrected chi connectivity index (χ1v) is 3.53. The quantitative estimate of drug-likeness (QED) is 0.529. The zero-order valence-electron chi connectivity index (χ0n) is 5.96. The van der Waals surface area contributed by atoms with Crippen LogP contribution < -0.4 is 5.32 Å². The molecule has 1 heterocycles. The number of hydrogen-bond donors (Lipinski definition) is 1. The number of nitrogens with zero attached hydrogens (tertiary/aromatic N) is 1. The summed E-state index contributed by atoms with van der Waals surface area (Å²) in [4.78, 5) is 4.24. The Morgan fingerprint density at radius 2 is 2.60 bits per heavy atom. The van der Waals surface area contributed by atoms with Gasteiger partial charge in [-0.15, -0.1) is 0 Å². The molecule has 1 aliphatic heterocycles. The first kappa shape index (κ1) is 5.71. The Morgan fingerprint density at radius 1 is 1.70 bits per heavy atom. The molecule has 0 aromatic heterocycles. The zero-order chi connectivity index (χ0) is 6.97. The number of rotatable bonds is 0. The lowest BCUT2D eigenvalue weighted by molar-refractivity contribution is 0.777. The van der Waals surface area contributed by atoms with E-state index in [4.69, 9.17) is 0 Å². The molecular weight excluding hydrogens is 124 g/mol. The van der Waals surface area contributed by atoms with Crippen LogP contribution in [0.5, 0.6) is 0 Å². The molecule has 0 amide bonds. The highest BCUT2D eigenvalue weighted by Crippen LogP contribution is 2.20. The van der Waals surface area contributed by atoms with Crippen molar-refractivity contribution in [2.75, 3.05) is 0 Å². The van der Waals surface area contributed by atoms with E-state index in [-0.39, 0.29) is 0 Å². The van der Waals surface area contributed by atoms with E-state index in [1.54, 1.807) is 6.34 Å². The first-order valence-electron chi connectivity index (χ1n) is 3.53. The smallest absolute Gasteiger partial charge is 0.0949 e. The van der Waals surface area contributed by atoms with Crippen LogP contribution in [0.2, 0.25) is 0 Å². The molecule has 0 saturated heterocycles. The molecule has 0 aromatic carbocycles. The van der Waals surface area contributed by atoms with E-state index >= 15 is 0 Å². The molecule has 0 radical (unpaired) electrons. The lowest BCUT2D eigenvalue weighted by Gasteiger charge is -2.12. The van der Waals surface area contributed by atoms with Crippen molar-refractivity contribution in [3.63, 3.8) is 0 Å². The fourth-order valence-corrected chi connectivity index (χ4v) is 1.31. The molecule has 1 atom stereocenters. The Labute approximate surface area is 60.3 Å². The van der Waals surface area contributed by atoms with Crippen molar-refractivity contribution < 1.29 is 0 Å². The third-order valence-electron chi connectivity index (χ3n) is 1.89. The normalized spacial score (nSPS) is 28.7. The minimum absolute atomic E-state index is 0.392. The molecule has 0 saturated carbocycles. The molecule has 0 bridgehead atoms. The van der Waals surface area contributed by atoms with Gasteiger partial charge in [0.05, 0.1) is 12.4 Å². The Hall–Kier alpha value is -1.05. The van der Waals surface area contributed by atoms with Gasteiger partial charge in [0.25, 0.3) is 0 Å². The first-order chi connectivity index (χ1) is 4.86. The summed E-state index contributed by atoms with van der Waals surface area (Å²) in [5.74, 6) is 0. The molecule has 1 aliphatic carbocycles. The van der Waals surface area contributed by atoms with Gasteiger partial charge in [-0.2, -0.15) is 0 Å². The Bertz CT molecular complexity index is 236. The van der Waals surface area contributed by atoms with Gasteiger partial charge in [0, 0.05) is 5.70 Å². The van der Waals surface area contributed by atoms with Crippen molar-refractivity contribution in [1.82, 2.24) is 5.32 Å². The lowest BCUT2D eigenvalue weighted by Crippen LogP contribution is -2.14. The van der Waals surface area contributed by atoms with Crippen molar-refractivity contribution in [3.8, 4) is 0 Å². The predicted octanol–water partition coefficient (Wildman–Crippen LogP) is 1.22.